The van der Waals surface area contributed by atoms with Crippen LogP contribution >= 0.6 is 0 Å². The molecular formula is C17H30N2O. The molecule has 0 spiro atoms. The largest absolute Gasteiger partial charge is 0.351 e. The van der Waals surface area contributed by atoms with E-state index in [-0.39, 0.29) is 11.4 Å². The van der Waals surface area contributed by atoms with Crippen molar-refractivity contribution in [2.75, 3.05) is 6.54 Å². The Balaban J connectivity index is 1.46. The van der Waals surface area contributed by atoms with Gasteiger partial charge < -0.3 is 10.6 Å². The van der Waals surface area contributed by atoms with Crippen LogP contribution in [0.25, 0.3) is 0 Å². The van der Waals surface area contributed by atoms with Gasteiger partial charge in [-0.15, -0.1) is 0 Å². The van der Waals surface area contributed by atoms with Gasteiger partial charge in [-0.05, 0) is 69.2 Å². The summed E-state index contributed by atoms with van der Waals surface area (Å²) in [5.74, 6) is 3.01. The van der Waals surface area contributed by atoms with Crippen LogP contribution in [0.5, 0.6) is 0 Å². The Kier molecular flexibility index (Phi) is 4.07. The van der Waals surface area contributed by atoms with Gasteiger partial charge in [-0.1, -0.05) is 13.8 Å². The van der Waals surface area contributed by atoms with Crippen molar-refractivity contribution in [2.45, 2.75) is 76.8 Å². The molecule has 4 bridgehead atoms. The highest BCUT2D eigenvalue weighted by Gasteiger charge is 2.51. The lowest BCUT2D eigenvalue weighted by atomic mass is 9.53. The molecule has 0 unspecified atom stereocenters. The second kappa shape index (κ2) is 5.67. The first-order valence-corrected chi connectivity index (χ1v) is 8.59. The maximum absolute atomic E-state index is 12.2. The molecule has 20 heavy (non-hydrogen) atoms. The maximum Gasteiger partial charge on any atom is 0.220 e. The molecule has 0 aromatic heterocycles. The molecule has 0 aromatic carbocycles. The second-order valence-corrected chi connectivity index (χ2v) is 7.96. The molecule has 4 aliphatic rings. The standard InChI is InChI=1S/C17H30N2O/c1-12(2)18-5-3-4-16(20)19-17-9-13-6-14(10-17)8-15(7-13)11-17/h12-15,18H,3-11H2,1-2H3,(H,19,20). The van der Waals surface area contributed by atoms with Crippen LogP contribution < -0.4 is 10.6 Å². The van der Waals surface area contributed by atoms with Gasteiger partial charge in [0.15, 0.2) is 0 Å². The first-order valence-electron chi connectivity index (χ1n) is 8.59. The summed E-state index contributed by atoms with van der Waals surface area (Å²) in [7, 11) is 0. The highest BCUT2D eigenvalue weighted by molar-refractivity contribution is 5.76. The number of rotatable bonds is 6. The summed E-state index contributed by atoms with van der Waals surface area (Å²) >= 11 is 0. The molecule has 0 aliphatic heterocycles. The Hall–Kier alpha value is -0.570. The molecule has 0 aromatic rings. The van der Waals surface area contributed by atoms with Gasteiger partial charge in [-0.2, -0.15) is 0 Å². The lowest BCUT2D eigenvalue weighted by Crippen LogP contribution is -2.59. The lowest BCUT2D eigenvalue weighted by Gasteiger charge is -2.56. The quantitative estimate of drug-likeness (QED) is 0.734. The molecule has 0 radical (unpaired) electrons. The fourth-order valence-corrected chi connectivity index (χ4v) is 5.26. The van der Waals surface area contributed by atoms with Gasteiger partial charge in [0, 0.05) is 18.0 Å². The normalized spacial score (nSPS) is 38.5. The molecule has 4 fully saturated rings. The van der Waals surface area contributed by atoms with Gasteiger partial charge in [0.05, 0.1) is 0 Å². The number of hydrogen-bond acceptors (Lipinski definition) is 2. The van der Waals surface area contributed by atoms with E-state index >= 15 is 0 Å². The Labute approximate surface area is 123 Å². The molecule has 3 nitrogen and oxygen atoms in total. The molecule has 0 heterocycles. The smallest absolute Gasteiger partial charge is 0.220 e. The van der Waals surface area contributed by atoms with Crippen LogP contribution in [0.2, 0.25) is 0 Å². The van der Waals surface area contributed by atoms with E-state index in [0.717, 1.165) is 30.7 Å². The minimum Gasteiger partial charge on any atom is -0.351 e. The third kappa shape index (κ3) is 3.19. The van der Waals surface area contributed by atoms with Crippen molar-refractivity contribution < 1.29 is 4.79 Å². The number of carbonyl (C=O) groups is 1. The van der Waals surface area contributed by atoms with Crippen molar-refractivity contribution in [3.8, 4) is 0 Å². The minimum atomic E-state index is 0.192. The predicted molar refractivity (Wildman–Crippen MR) is 81.4 cm³/mol. The fraction of sp³-hybridized carbons (Fsp3) is 0.941. The van der Waals surface area contributed by atoms with Crippen LogP contribution in [0.1, 0.15) is 65.2 Å². The van der Waals surface area contributed by atoms with Crippen LogP contribution in [0, 0.1) is 17.8 Å². The van der Waals surface area contributed by atoms with E-state index in [2.05, 4.69) is 24.5 Å². The van der Waals surface area contributed by atoms with Gasteiger partial charge >= 0.3 is 0 Å². The number of nitrogens with one attached hydrogen (secondary N) is 2. The average molecular weight is 278 g/mol. The van der Waals surface area contributed by atoms with Gasteiger partial charge in [0.25, 0.3) is 0 Å². The van der Waals surface area contributed by atoms with E-state index < -0.39 is 0 Å². The van der Waals surface area contributed by atoms with Crippen LogP contribution in [-0.4, -0.2) is 24.0 Å². The summed E-state index contributed by atoms with van der Waals surface area (Å²) in [5.41, 5.74) is 0.192. The van der Waals surface area contributed by atoms with E-state index in [9.17, 15) is 4.79 Å². The number of hydrogen-bond donors (Lipinski definition) is 2. The van der Waals surface area contributed by atoms with Crippen molar-refractivity contribution in [1.29, 1.82) is 0 Å². The molecule has 2 N–H and O–H groups in total. The molecule has 4 saturated carbocycles. The number of amides is 1. The third-order valence-corrected chi connectivity index (χ3v) is 5.58. The van der Waals surface area contributed by atoms with E-state index in [0.29, 0.717) is 12.5 Å². The zero-order chi connectivity index (χ0) is 14.2. The molecule has 0 saturated heterocycles. The Morgan fingerprint density at radius 1 is 1.10 bits per heavy atom. The van der Waals surface area contributed by atoms with E-state index in [1.54, 1.807) is 0 Å². The second-order valence-electron chi connectivity index (χ2n) is 7.96. The van der Waals surface area contributed by atoms with Crippen LogP contribution in [0.3, 0.4) is 0 Å². The molecule has 114 valence electrons. The van der Waals surface area contributed by atoms with Crippen LogP contribution in [0.4, 0.5) is 0 Å². The maximum atomic E-state index is 12.2. The lowest BCUT2D eigenvalue weighted by molar-refractivity contribution is -0.126. The minimum absolute atomic E-state index is 0.192. The fourth-order valence-electron chi connectivity index (χ4n) is 5.26. The summed E-state index contributed by atoms with van der Waals surface area (Å²) in [6.07, 6.45) is 9.73. The molecule has 1 amide bonds. The van der Waals surface area contributed by atoms with Crippen molar-refractivity contribution in [1.82, 2.24) is 10.6 Å². The van der Waals surface area contributed by atoms with Gasteiger partial charge in [0.1, 0.15) is 0 Å². The van der Waals surface area contributed by atoms with Crippen molar-refractivity contribution >= 4 is 5.91 Å². The molecule has 4 rings (SSSR count). The van der Waals surface area contributed by atoms with E-state index in [1.807, 2.05) is 0 Å². The zero-order valence-electron chi connectivity index (χ0n) is 13.1. The number of carbonyl (C=O) groups excluding carboxylic acids is 1. The van der Waals surface area contributed by atoms with Crippen LogP contribution in [-0.2, 0) is 4.79 Å². The topological polar surface area (TPSA) is 41.1 Å². The van der Waals surface area contributed by atoms with Crippen LogP contribution in [0.15, 0.2) is 0 Å². The summed E-state index contributed by atoms with van der Waals surface area (Å²) in [6, 6.07) is 0.515. The van der Waals surface area contributed by atoms with Gasteiger partial charge in [0.2, 0.25) is 5.91 Å². The Morgan fingerprint density at radius 3 is 2.15 bits per heavy atom. The van der Waals surface area contributed by atoms with E-state index in [1.165, 1.54) is 38.5 Å². The SMILES string of the molecule is CC(C)NCCCC(=O)NC12CC3CC(CC(C3)C1)C2. The molecule has 4 aliphatic carbocycles. The van der Waals surface area contributed by atoms with Crippen molar-refractivity contribution in [3.05, 3.63) is 0 Å². The average Bonchev–Trinajstić information content (AvgIpc) is 2.32. The van der Waals surface area contributed by atoms with E-state index in [4.69, 9.17) is 0 Å². The highest BCUT2D eigenvalue weighted by atomic mass is 16.1. The molecular weight excluding hydrogens is 248 g/mol. The summed E-state index contributed by atoms with van der Waals surface area (Å²) in [5, 5.41) is 6.83. The summed E-state index contributed by atoms with van der Waals surface area (Å²) < 4.78 is 0. The highest BCUT2D eigenvalue weighted by Crippen LogP contribution is 2.55. The predicted octanol–water partition coefficient (Wildman–Crippen LogP) is 2.85. The first kappa shape index (κ1) is 14.4. The molecule has 3 heteroatoms. The van der Waals surface area contributed by atoms with Gasteiger partial charge in [-0.25, -0.2) is 0 Å². The Morgan fingerprint density at radius 2 is 1.65 bits per heavy atom. The third-order valence-electron chi connectivity index (χ3n) is 5.58. The Bertz CT molecular complexity index is 329. The van der Waals surface area contributed by atoms with Crippen molar-refractivity contribution in [2.24, 2.45) is 17.8 Å². The first-order chi connectivity index (χ1) is 9.55. The molecule has 0 atom stereocenters. The van der Waals surface area contributed by atoms with Gasteiger partial charge in [-0.3, -0.25) is 4.79 Å². The summed E-state index contributed by atoms with van der Waals surface area (Å²) in [4.78, 5) is 12.2. The zero-order valence-corrected chi connectivity index (χ0v) is 13.1. The summed E-state index contributed by atoms with van der Waals surface area (Å²) in [6.45, 7) is 5.25. The monoisotopic (exact) mass is 278 g/mol. The van der Waals surface area contributed by atoms with Crippen molar-refractivity contribution in [3.63, 3.8) is 0 Å².